The Hall–Kier alpha value is -1.09. The van der Waals surface area contributed by atoms with Crippen LogP contribution in [-0.4, -0.2) is 18.2 Å². The molecule has 1 heterocycles. The lowest BCUT2D eigenvalue weighted by Gasteiger charge is -2.21. The number of fused-ring (bicyclic) bond motifs is 1. The van der Waals surface area contributed by atoms with Crippen LogP contribution in [0.25, 0.3) is 0 Å². The summed E-state index contributed by atoms with van der Waals surface area (Å²) in [5.41, 5.74) is 1.35. The molecule has 1 aliphatic heterocycles. The Morgan fingerprint density at radius 3 is 2.50 bits per heavy atom. The second-order valence-corrected chi connectivity index (χ2v) is 5.74. The van der Waals surface area contributed by atoms with Crippen molar-refractivity contribution in [2.75, 3.05) is 18.0 Å². The molecule has 3 heteroatoms. The van der Waals surface area contributed by atoms with E-state index in [-0.39, 0.29) is 5.82 Å². The Bertz CT molecular complexity index is 434. The number of rotatable bonds is 2. The molecule has 18 heavy (non-hydrogen) atoms. The molecule has 0 spiro atoms. The lowest BCUT2D eigenvalue weighted by Crippen LogP contribution is -2.21. The second kappa shape index (κ2) is 4.54. The van der Waals surface area contributed by atoms with Gasteiger partial charge in [-0.05, 0) is 49.3 Å². The number of nitrogens with zero attached hydrogens (tertiary/aromatic N) is 1. The summed E-state index contributed by atoms with van der Waals surface area (Å²) >= 11 is 0. The smallest absolute Gasteiger partial charge is 0.146 e. The first-order valence-electron chi connectivity index (χ1n) is 6.87. The topological polar surface area (TPSA) is 23.5 Å². The highest BCUT2D eigenvalue weighted by Crippen LogP contribution is 2.40. The normalized spacial score (nSPS) is 28.5. The van der Waals surface area contributed by atoms with Crippen molar-refractivity contribution in [3.05, 3.63) is 29.6 Å². The third-order valence-electron chi connectivity index (χ3n) is 4.52. The summed E-state index contributed by atoms with van der Waals surface area (Å²) in [5.74, 6) is 1.33. The molecule has 2 nitrogen and oxygen atoms in total. The van der Waals surface area contributed by atoms with Gasteiger partial charge in [-0.15, -0.1) is 0 Å². The molecule has 1 aromatic rings. The SMILES string of the molecule is C[C@H](O)c1ccc(N2CC3CCCC3C2)c(F)c1. The number of aliphatic hydroxyl groups excluding tert-OH is 1. The summed E-state index contributed by atoms with van der Waals surface area (Å²) in [6.45, 7) is 3.65. The summed E-state index contributed by atoms with van der Waals surface area (Å²) in [7, 11) is 0. The molecule has 2 aliphatic rings. The van der Waals surface area contributed by atoms with Gasteiger partial charge in [-0.2, -0.15) is 0 Å². The van der Waals surface area contributed by atoms with E-state index in [4.69, 9.17) is 0 Å². The lowest BCUT2D eigenvalue weighted by atomic mass is 10.0. The fourth-order valence-electron chi connectivity index (χ4n) is 3.47. The molecule has 1 N–H and O–H groups in total. The molecular formula is C15H20FNO. The van der Waals surface area contributed by atoms with E-state index in [2.05, 4.69) is 4.90 Å². The zero-order chi connectivity index (χ0) is 12.7. The molecule has 3 atom stereocenters. The van der Waals surface area contributed by atoms with E-state index in [1.165, 1.54) is 25.3 Å². The predicted molar refractivity (Wildman–Crippen MR) is 70.1 cm³/mol. The average molecular weight is 249 g/mol. The molecule has 1 aromatic carbocycles. The molecular weight excluding hydrogens is 229 g/mol. The largest absolute Gasteiger partial charge is 0.389 e. The van der Waals surface area contributed by atoms with Crippen LogP contribution in [0.1, 0.15) is 37.9 Å². The molecule has 0 bridgehead atoms. The molecule has 1 saturated carbocycles. The summed E-state index contributed by atoms with van der Waals surface area (Å²) in [4.78, 5) is 2.18. The summed E-state index contributed by atoms with van der Waals surface area (Å²) in [6, 6.07) is 5.11. The summed E-state index contributed by atoms with van der Waals surface area (Å²) < 4.78 is 14.1. The quantitative estimate of drug-likeness (QED) is 0.870. The number of hydrogen-bond acceptors (Lipinski definition) is 2. The van der Waals surface area contributed by atoms with Crippen LogP contribution >= 0.6 is 0 Å². The zero-order valence-electron chi connectivity index (χ0n) is 10.8. The minimum absolute atomic E-state index is 0.201. The van der Waals surface area contributed by atoms with Crippen LogP contribution in [0, 0.1) is 17.7 Å². The zero-order valence-corrected chi connectivity index (χ0v) is 10.8. The molecule has 98 valence electrons. The highest BCUT2D eigenvalue weighted by Gasteiger charge is 2.36. The monoisotopic (exact) mass is 249 g/mol. The highest BCUT2D eigenvalue weighted by atomic mass is 19.1. The first-order chi connectivity index (χ1) is 8.65. The van der Waals surface area contributed by atoms with Gasteiger partial charge in [-0.1, -0.05) is 12.5 Å². The number of halogens is 1. The standard InChI is InChI=1S/C15H20FNO/c1-10(18)11-5-6-15(14(16)7-11)17-8-12-3-2-4-13(12)9-17/h5-7,10,12-13,18H,2-4,8-9H2,1H3/t10-,12?,13?/m0/s1. The lowest BCUT2D eigenvalue weighted by molar-refractivity contribution is 0.199. The number of hydrogen-bond donors (Lipinski definition) is 1. The van der Waals surface area contributed by atoms with E-state index in [9.17, 15) is 9.50 Å². The fraction of sp³-hybridized carbons (Fsp3) is 0.600. The Kier molecular flexibility index (Phi) is 3.02. The predicted octanol–water partition coefficient (Wildman–Crippen LogP) is 3.12. The van der Waals surface area contributed by atoms with Crippen LogP contribution in [0.4, 0.5) is 10.1 Å². The van der Waals surface area contributed by atoms with Gasteiger partial charge in [0.25, 0.3) is 0 Å². The maximum absolute atomic E-state index is 14.1. The summed E-state index contributed by atoms with van der Waals surface area (Å²) in [6.07, 6.45) is 3.34. The van der Waals surface area contributed by atoms with Crippen molar-refractivity contribution < 1.29 is 9.50 Å². The van der Waals surface area contributed by atoms with Gasteiger partial charge in [-0.3, -0.25) is 0 Å². The third-order valence-corrected chi connectivity index (χ3v) is 4.52. The van der Waals surface area contributed by atoms with Crippen molar-refractivity contribution in [1.29, 1.82) is 0 Å². The summed E-state index contributed by atoms with van der Waals surface area (Å²) in [5, 5.41) is 9.46. The van der Waals surface area contributed by atoms with Crippen LogP contribution in [-0.2, 0) is 0 Å². The number of anilines is 1. The van der Waals surface area contributed by atoms with Gasteiger partial charge in [0.1, 0.15) is 5.82 Å². The van der Waals surface area contributed by atoms with Crippen LogP contribution in [0.15, 0.2) is 18.2 Å². The maximum atomic E-state index is 14.1. The Labute approximate surface area is 107 Å². The van der Waals surface area contributed by atoms with Gasteiger partial charge < -0.3 is 10.0 Å². The van der Waals surface area contributed by atoms with Crippen LogP contribution < -0.4 is 4.90 Å². The molecule has 0 aromatic heterocycles. The Morgan fingerprint density at radius 2 is 1.94 bits per heavy atom. The van der Waals surface area contributed by atoms with E-state index in [0.717, 1.165) is 24.9 Å². The van der Waals surface area contributed by atoms with E-state index < -0.39 is 6.10 Å². The second-order valence-electron chi connectivity index (χ2n) is 5.74. The number of aliphatic hydroxyl groups is 1. The van der Waals surface area contributed by atoms with Gasteiger partial charge in [0, 0.05) is 13.1 Å². The van der Waals surface area contributed by atoms with E-state index in [0.29, 0.717) is 11.3 Å². The van der Waals surface area contributed by atoms with Crippen molar-refractivity contribution >= 4 is 5.69 Å². The maximum Gasteiger partial charge on any atom is 0.146 e. The molecule has 3 rings (SSSR count). The van der Waals surface area contributed by atoms with E-state index in [1.807, 2.05) is 12.1 Å². The van der Waals surface area contributed by atoms with Gasteiger partial charge in [0.2, 0.25) is 0 Å². The molecule has 2 unspecified atom stereocenters. The minimum Gasteiger partial charge on any atom is -0.389 e. The first kappa shape index (κ1) is 12.0. The Balaban J connectivity index is 1.81. The van der Waals surface area contributed by atoms with E-state index in [1.54, 1.807) is 6.92 Å². The van der Waals surface area contributed by atoms with Crippen molar-refractivity contribution in [2.24, 2.45) is 11.8 Å². The molecule has 1 aliphatic carbocycles. The van der Waals surface area contributed by atoms with Crippen LogP contribution in [0.2, 0.25) is 0 Å². The average Bonchev–Trinajstić information content (AvgIpc) is 2.88. The van der Waals surface area contributed by atoms with Crippen molar-refractivity contribution in [1.82, 2.24) is 0 Å². The van der Waals surface area contributed by atoms with Crippen LogP contribution in [0.5, 0.6) is 0 Å². The first-order valence-corrected chi connectivity index (χ1v) is 6.87. The van der Waals surface area contributed by atoms with Crippen molar-refractivity contribution in [3.8, 4) is 0 Å². The molecule has 0 amide bonds. The molecule has 0 radical (unpaired) electrons. The van der Waals surface area contributed by atoms with Crippen molar-refractivity contribution in [2.45, 2.75) is 32.3 Å². The highest BCUT2D eigenvalue weighted by molar-refractivity contribution is 5.50. The molecule has 1 saturated heterocycles. The minimum atomic E-state index is -0.605. The number of benzene rings is 1. The van der Waals surface area contributed by atoms with E-state index >= 15 is 0 Å². The third kappa shape index (κ3) is 2.01. The van der Waals surface area contributed by atoms with Gasteiger partial charge >= 0.3 is 0 Å². The van der Waals surface area contributed by atoms with Crippen LogP contribution in [0.3, 0.4) is 0 Å². The fourth-order valence-corrected chi connectivity index (χ4v) is 3.47. The Morgan fingerprint density at radius 1 is 1.28 bits per heavy atom. The molecule has 2 fully saturated rings. The van der Waals surface area contributed by atoms with Crippen molar-refractivity contribution in [3.63, 3.8) is 0 Å². The van der Waals surface area contributed by atoms with Gasteiger partial charge in [0.15, 0.2) is 0 Å². The van der Waals surface area contributed by atoms with Gasteiger partial charge in [0.05, 0.1) is 11.8 Å². The van der Waals surface area contributed by atoms with Gasteiger partial charge in [-0.25, -0.2) is 4.39 Å².